The van der Waals surface area contributed by atoms with Crippen molar-refractivity contribution in [2.45, 2.75) is 38.1 Å². The summed E-state index contributed by atoms with van der Waals surface area (Å²) in [5, 5.41) is 0. The lowest BCUT2D eigenvalue weighted by Gasteiger charge is -2.25. The molecule has 1 aromatic rings. The van der Waals surface area contributed by atoms with Crippen LogP contribution in [0.25, 0.3) is 0 Å². The molecular formula is C20H26N2O4. The molecule has 6 heteroatoms. The van der Waals surface area contributed by atoms with Gasteiger partial charge < -0.3 is 19.3 Å². The number of benzene rings is 1. The first-order chi connectivity index (χ1) is 12.7. The van der Waals surface area contributed by atoms with Crippen LogP contribution in [0.15, 0.2) is 24.3 Å². The monoisotopic (exact) mass is 358 g/mol. The molecule has 140 valence electrons. The van der Waals surface area contributed by atoms with Crippen LogP contribution >= 0.6 is 0 Å². The lowest BCUT2D eigenvalue weighted by atomic mass is 10.1. The Morgan fingerprint density at radius 3 is 2.88 bits per heavy atom. The predicted molar refractivity (Wildman–Crippen MR) is 97.2 cm³/mol. The molecular weight excluding hydrogens is 332 g/mol. The van der Waals surface area contributed by atoms with Crippen molar-refractivity contribution < 1.29 is 19.1 Å². The number of hydrogen-bond acceptors (Lipinski definition) is 4. The molecule has 1 saturated carbocycles. The molecule has 1 aromatic carbocycles. The molecule has 0 N–H and O–H groups in total. The van der Waals surface area contributed by atoms with E-state index in [0.29, 0.717) is 24.1 Å². The number of amides is 2. The minimum Gasteiger partial charge on any atom is -0.484 e. The lowest BCUT2D eigenvalue weighted by molar-refractivity contribution is -0.134. The Labute approximate surface area is 154 Å². The maximum absolute atomic E-state index is 12.7. The van der Waals surface area contributed by atoms with Crippen LogP contribution in [0, 0.1) is 5.92 Å². The van der Waals surface area contributed by atoms with Gasteiger partial charge in [-0.1, -0.05) is 6.07 Å². The van der Waals surface area contributed by atoms with Crippen LogP contribution in [0.4, 0.5) is 5.69 Å². The van der Waals surface area contributed by atoms with Gasteiger partial charge in [0.1, 0.15) is 5.75 Å². The van der Waals surface area contributed by atoms with Gasteiger partial charge in [-0.15, -0.1) is 0 Å². The molecule has 1 aliphatic carbocycles. The second-order valence-corrected chi connectivity index (χ2v) is 7.44. The number of carbonyl (C=O) groups is 2. The van der Waals surface area contributed by atoms with Gasteiger partial charge in [0.05, 0.1) is 6.61 Å². The smallest absolute Gasteiger partial charge is 0.260 e. The molecule has 3 aliphatic rings. The van der Waals surface area contributed by atoms with E-state index in [-0.39, 0.29) is 18.4 Å². The zero-order valence-electron chi connectivity index (χ0n) is 15.1. The summed E-state index contributed by atoms with van der Waals surface area (Å²) in [5.41, 5.74) is 0.847. The summed E-state index contributed by atoms with van der Waals surface area (Å²) in [6.45, 7) is 3.12. The first-order valence-corrected chi connectivity index (χ1v) is 9.61. The quantitative estimate of drug-likeness (QED) is 0.750. The fraction of sp³-hybridized carbons (Fsp3) is 0.600. The molecule has 1 unspecified atom stereocenters. The van der Waals surface area contributed by atoms with Crippen molar-refractivity contribution in [3.05, 3.63) is 24.3 Å². The van der Waals surface area contributed by atoms with Crippen molar-refractivity contribution in [1.29, 1.82) is 0 Å². The van der Waals surface area contributed by atoms with Crippen molar-refractivity contribution in [3.8, 4) is 5.75 Å². The normalized spacial score (nSPS) is 22.7. The standard InChI is InChI=1S/C20H26N2O4/c23-19-5-2-9-21(19)17-3-1-4-18(11-17)26-14-20(24)22(16-6-7-16)12-15-8-10-25-13-15/h1,3-4,11,15-16H,2,5-10,12-14H2. The third kappa shape index (κ3) is 4.01. The van der Waals surface area contributed by atoms with Gasteiger partial charge in [0.2, 0.25) is 5.91 Å². The van der Waals surface area contributed by atoms with E-state index in [9.17, 15) is 9.59 Å². The van der Waals surface area contributed by atoms with E-state index < -0.39 is 0 Å². The van der Waals surface area contributed by atoms with Crippen molar-refractivity contribution in [2.24, 2.45) is 5.92 Å². The van der Waals surface area contributed by atoms with Gasteiger partial charge in [-0.25, -0.2) is 0 Å². The maximum Gasteiger partial charge on any atom is 0.260 e. The number of hydrogen-bond donors (Lipinski definition) is 0. The number of anilines is 1. The van der Waals surface area contributed by atoms with Crippen LogP contribution in [0.3, 0.4) is 0 Å². The van der Waals surface area contributed by atoms with Crippen LogP contribution in [0.5, 0.6) is 5.75 Å². The maximum atomic E-state index is 12.7. The van der Waals surface area contributed by atoms with Gasteiger partial charge in [-0.05, 0) is 37.8 Å². The molecule has 2 amide bonds. The Morgan fingerprint density at radius 2 is 2.19 bits per heavy atom. The third-order valence-corrected chi connectivity index (χ3v) is 5.35. The van der Waals surface area contributed by atoms with E-state index in [2.05, 4.69) is 0 Å². The largest absolute Gasteiger partial charge is 0.484 e. The van der Waals surface area contributed by atoms with Gasteiger partial charge in [0, 0.05) is 49.8 Å². The van der Waals surface area contributed by atoms with E-state index in [1.807, 2.05) is 29.2 Å². The van der Waals surface area contributed by atoms with Crippen molar-refractivity contribution in [1.82, 2.24) is 4.90 Å². The van der Waals surface area contributed by atoms with E-state index in [4.69, 9.17) is 9.47 Å². The van der Waals surface area contributed by atoms with E-state index in [1.165, 1.54) is 0 Å². The molecule has 0 radical (unpaired) electrons. The van der Waals surface area contributed by atoms with E-state index in [1.54, 1.807) is 4.90 Å². The highest BCUT2D eigenvalue weighted by Crippen LogP contribution is 2.30. The predicted octanol–water partition coefficient (Wildman–Crippen LogP) is 2.22. The zero-order valence-corrected chi connectivity index (χ0v) is 15.1. The van der Waals surface area contributed by atoms with Gasteiger partial charge in [-0.2, -0.15) is 0 Å². The number of nitrogens with zero attached hydrogens (tertiary/aromatic N) is 2. The molecule has 26 heavy (non-hydrogen) atoms. The summed E-state index contributed by atoms with van der Waals surface area (Å²) in [5.74, 6) is 1.28. The highest BCUT2D eigenvalue weighted by atomic mass is 16.5. The van der Waals surface area contributed by atoms with E-state index >= 15 is 0 Å². The minimum absolute atomic E-state index is 0.0431. The van der Waals surface area contributed by atoms with E-state index in [0.717, 1.165) is 57.7 Å². The van der Waals surface area contributed by atoms with Gasteiger partial charge in [0.25, 0.3) is 5.91 Å². The average Bonchev–Trinajstić information content (AvgIpc) is 3.18. The Kier molecular flexibility index (Phi) is 5.11. The fourth-order valence-electron chi connectivity index (χ4n) is 3.74. The number of rotatable bonds is 7. The second-order valence-electron chi connectivity index (χ2n) is 7.44. The van der Waals surface area contributed by atoms with Crippen molar-refractivity contribution in [2.75, 3.05) is 37.8 Å². The molecule has 2 saturated heterocycles. The molecule has 6 nitrogen and oxygen atoms in total. The summed E-state index contributed by atoms with van der Waals surface area (Å²) in [7, 11) is 0. The van der Waals surface area contributed by atoms with Gasteiger partial charge in [-0.3, -0.25) is 9.59 Å². The average molecular weight is 358 g/mol. The van der Waals surface area contributed by atoms with Gasteiger partial charge in [0.15, 0.2) is 6.61 Å². The van der Waals surface area contributed by atoms with Gasteiger partial charge >= 0.3 is 0 Å². The Hall–Kier alpha value is -2.08. The molecule has 4 rings (SSSR count). The molecule has 2 heterocycles. The number of carbonyl (C=O) groups excluding carboxylic acids is 2. The van der Waals surface area contributed by atoms with Crippen LogP contribution in [0.1, 0.15) is 32.1 Å². The lowest BCUT2D eigenvalue weighted by Crippen LogP contribution is -2.40. The second kappa shape index (κ2) is 7.66. The van der Waals surface area contributed by atoms with Crippen LogP contribution < -0.4 is 9.64 Å². The summed E-state index contributed by atoms with van der Waals surface area (Å²) < 4.78 is 11.2. The first-order valence-electron chi connectivity index (χ1n) is 9.61. The van der Waals surface area contributed by atoms with Crippen LogP contribution in [0.2, 0.25) is 0 Å². The van der Waals surface area contributed by atoms with Crippen molar-refractivity contribution >= 4 is 17.5 Å². The van der Waals surface area contributed by atoms with Crippen LogP contribution in [-0.4, -0.2) is 55.7 Å². The summed E-state index contributed by atoms with van der Waals surface area (Å²) >= 11 is 0. The highest BCUT2D eigenvalue weighted by Gasteiger charge is 2.34. The Morgan fingerprint density at radius 1 is 1.31 bits per heavy atom. The molecule has 3 fully saturated rings. The molecule has 2 aliphatic heterocycles. The summed E-state index contributed by atoms with van der Waals surface area (Å²) in [6, 6.07) is 7.84. The zero-order chi connectivity index (χ0) is 17.9. The first kappa shape index (κ1) is 17.3. The molecule has 0 bridgehead atoms. The molecule has 0 spiro atoms. The van der Waals surface area contributed by atoms with Crippen LogP contribution in [-0.2, 0) is 14.3 Å². The third-order valence-electron chi connectivity index (χ3n) is 5.35. The molecule has 0 aromatic heterocycles. The Balaban J connectivity index is 1.35. The highest BCUT2D eigenvalue weighted by molar-refractivity contribution is 5.95. The summed E-state index contributed by atoms with van der Waals surface area (Å²) in [4.78, 5) is 28.3. The molecule has 1 atom stereocenters. The fourth-order valence-corrected chi connectivity index (χ4v) is 3.74. The Bertz CT molecular complexity index is 668. The number of ether oxygens (including phenoxy) is 2. The summed E-state index contributed by atoms with van der Waals surface area (Å²) in [6.07, 6.45) is 4.70. The minimum atomic E-state index is 0.0431. The SMILES string of the molecule is O=C1CCCN1c1cccc(OCC(=O)N(CC2CCOC2)C2CC2)c1. The van der Waals surface area contributed by atoms with Crippen molar-refractivity contribution in [3.63, 3.8) is 0 Å². The topological polar surface area (TPSA) is 59.1 Å².